The first-order valence-electron chi connectivity index (χ1n) is 4.62. The lowest BCUT2D eigenvalue weighted by Crippen LogP contribution is -2.10. The molecule has 0 aromatic rings. The van der Waals surface area contributed by atoms with Crippen LogP contribution in [0, 0.1) is 0 Å². The van der Waals surface area contributed by atoms with Crippen LogP contribution in [0.3, 0.4) is 0 Å². The number of halogens is 1. The van der Waals surface area contributed by atoms with Gasteiger partial charge in [-0.1, -0.05) is 0 Å². The van der Waals surface area contributed by atoms with Gasteiger partial charge in [-0.05, 0) is 29.0 Å². The number of rotatable bonds is 11. The van der Waals surface area contributed by atoms with E-state index in [4.69, 9.17) is 18.7 Å². The van der Waals surface area contributed by atoms with Gasteiger partial charge in [-0.15, -0.1) is 0 Å². The lowest BCUT2D eigenvalue weighted by Gasteiger charge is -2.05. The van der Waals surface area contributed by atoms with Gasteiger partial charge in [0.1, 0.15) is 0 Å². The second-order valence-corrected chi connectivity index (χ2v) is 4.11. The molecule has 0 aliphatic rings. The van der Waals surface area contributed by atoms with Crippen LogP contribution in [0.15, 0.2) is 0 Å². The van der Waals surface area contributed by atoms with E-state index in [1.807, 2.05) is 6.92 Å². The molecule has 0 aliphatic heterocycles. The van der Waals surface area contributed by atoms with Crippen molar-refractivity contribution in [1.82, 2.24) is 0 Å². The minimum atomic E-state index is 0.512. The van der Waals surface area contributed by atoms with Gasteiger partial charge in [0.15, 0.2) is 0 Å². The highest BCUT2D eigenvalue weighted by Crippen LogP contribution is 2.20. The van der Waals surface area contributed by atoms with Gasteiger partial charge in [0.25, 0.3) is 0 Å². The van der Waals surface area contributed by atoms with Crippen molar-refractivity contribution in [2.75, 3.05) is 46.2 Å². The van der Waals surface area contributed by atoms with Crippen LogP contribution in [0.2, 0.25) is 0 Å². The predicted octanol–water partition coefficient (Wildman–Crippen LogP) is 2.02. The molecule has 86 valence electrons. The molecule has 0 spiro atoms. The lowest BCUT2D eigenvalue weighted by molar-refractivity contribution is 0.0124. The molecule has 0 saturated carbocycles. The van der Waals surface area contributed by atoms with Crippen molar-refractivity contribution in [2.24, 2.45) is 0 Å². The third-order valence-electron chi connectivity index (χ3n) is 1.33. The van der Waals surface area contributed by atoms with E-state index in [-0.39, 0.29) is 0 Å². The van der Waals surface area contributed by atoms with Crippen LogP contribution in [0.25, 0.3) is 0 Å². The second kappa shape index (κ2) is 14.0. The van der Waals surface area contributed by atoms with Gasteiger partial charge in [-0.2, -0.15) is 0 Å². The molecule has 6 heteroatoms. The fourth-order valence-electron chi connectivity index (χ4n) is 0.723. The first-order valence-corrected chi connectivity index (χ1v) is 8.64. The Morgan fingerprint density at radius 2 is 1.36 bits per heavy atom. The van der Waals surface area contributed by atoms with E-state index in [0.717, 1.165) is 6.61 Å². The molecular formula is C8H18IO4P. The summed E-state index contributed by atoms with van der Waals surface area (Å²) in [5.74, 6) is 0. The quantitative estimate of drug-likeness (QED) is 0.329. The van der Waals surface area contributed by atoms with Gasteiger partial charge in [-0.25, -0.2) is 0 Å². The molecule has 0 aromatic carbocycles. The van der Waals surface area contributed by atoms with Crippen molar-refractivity contribution in [3.05, 3.63) is 0 Å². The normalized spacial score (nSPS) is 11.6. The van der Waals surface area contributed by atoms with Crippen LogP contribution in [0.4, 0.5) is 0 Å². The van der Waals surface area contributed by atoms with Crippen molar-refractivity contribution in [1.29, 1.82) is 0 Å². The van der Waals surface area contributed by atoms with Crippen LogP contribution >= 0.6 is 28.5 Å². The van der Waals surface area contributed by atoms with E-state index in [2.05, 4.69) is 22.0 Å². The lowest BCUT2D eigenvalue weighted by atomic mass is 10.7. The Bertz CT molecular complexity index is 95.3. The van der Waals surface area contributed by atoms with Gasteiger partial charge in [0, 0.05) is 6.61 Å². The fourth-order valence-corrected chi connectivity index (χ4v) is 1.54. The Morgan fingerprint density at radius 3 is 1.86 bits per heavy atom. The topological polar surface area (TPSA) is 36.9 Å². The third kappa shape index (κ3) is 13.0. The molecule has 0 N–H and O–H groups in total. The molecule has 1 unspecified atom stereocenters. The molecule has 0 amide bonds. The van der Waals surface area contributed by atoms with Gasteiger partial charge >= 0.3 is 0 Å². The Kier molecular flexibility index (Phi) is 15.0. The first kappa shape index (κ1) is 15.0. The highest BCUT2D eigenvalue weighted by molar-refractivity contribution is 14.2. The van der Waals surface area contributed by atoms with E-state index in [9.17, 15) is 0 Å². The summed E-state index contributed by atoms with van der Waals surface area (Å²) in [6.45, 7) is 7.09. The summed E-state index contributed by atoms with van der Waals surface area (Å²) in [4.78, 5) is 0. The molecule has 0 aliphatic carbocycles. The minimum absolute atomic E-state index is 0.512. The highest BCUT2D eigenvalue weighted by atomic mass is 127. The molecule has 0 aromatic heterocycles. The van der Waals surface area contributed by atoms with Gasteiger partial charge < -0.3 is 18.7 Å². The predicted molar refractivity (Wildman–Crippen MR) is 66.4 cm³/mol. The smallest absolute Gasteiger partial charge is 0.0794 e. The zero-order chi connectivity index (χ0) is 10.5. The van der Waals surface area contributed by atoms with Crippen molar-refractivity contribution < 1.29 is 18.7 Å². The summed E-state index contributed by atoms with van der Waals surface area (Å²) < 4.78 is 20.7. The van der Waals surface area contributed by atoms with E-state index >= 15 is 0 Å². The van der Waals surface area contributed by atoms with Crippen molar-refractivity contribution in [3.8, 4) is 0 Å². The molecule has 0 bridgehead atoms. The highest BCUT2D eigenvalue weighted by Gasteiger charge is 1.90. The molecule has 0 rings (SSSR count). The first-order chi connectivity index (χ1) is 6.91. The number of ether oxygens (including phenoxy) is 3. The Hall–Kier alpha value is 1.00. The molecule has 4 nitrogen and oxygen atoms in total. The number of hydrogen-bond acceptors (Lipinski definition) is 4. The van der Waals surface area contributed by atoms with Gasteiger partial charge in [0.2, 0.25) is 0 Å². The summed E-state index contributed by atoms with van der Waals surface area (Å²) in [7, 11) is 0. The monoisotopic (exact) mass is 336 g/mol. The Morgan fingerprint density at radius 1 is 0.857 bits per heavy atom. The van der Waals surface area contributed by atoms with Crippen LogP contribution in [0.5, 0.6) is 0 Å². The van der Waals surface area contributed by atoms with Crippen LogP contribution in [-0.4, -0.2) is 46.2 Å². The molecule has 14 heavy (non-hydrogen) atoms. The summed E-state index contributed by atoms with van der Waals surface area (Å²) in [6.07, 6.45) is 0. The Labute approximate surface area is 100 Å². The van der Waals surface area contributed by atoms with Crippen molar-refractivity contribution in [3.63, 3.8) is 0 Å². The van der Waals surface area contributed by atoms with Gasteiger partial charge in [0.05, 0.1) is 46.1 Å². The van der Waals surface area contributed by atoms with Crippen LogP contribution in [0.1, 0.15) is 6.92 Å². The SMILES string of the molecule is CCOCCOCCOCCOPI. The standard InChI is InChI=1S/C8H18IO4P/c1-2-10-3-4-11-5-6-12-7-8-13-14-9/h14H,2-8H2,1H3. The average Bonchev–Trinajstić information content (AvgIpc) is 2.21. The summed E-state index contributed by atoms with van der Waals surface area (Å²) >= 11 is 2.19. The zero-order valence-electron chi connectivity index (χ0n) is 8.46. The molecular weight excluding hydrogens is 318 g/mol. The summed E-state index contributed by atoms with van der Waals surface area (Å²) in [5, 5.41) is 0. The van der Waals surface area contributed by atoms with E-state index in [1.54, 1.807) is 0 Å². The largest absolute Gasteiger partial charge is 0.379 e. The van der Waals surface area contributed by atoms with Gasteiger partial charge in [-0.3, -0.25) is 0 Å². The molecule has 0 radical (unpaired) electrons. The maximum atomic E-state index is 5.25. The fraction of sp³-hybridized carbons (Fsp3) is 1.00. The van der Waals surface area contributed by atoms with E-state index in [1.165, 1.54) is 0 Å². The van der Waals surface area contributed by atoms with Crippen LogP contribution < -0.4 is 0 Å². The molecule has 1 atom stereocenters. The molecule has 0 heterocycles. The molecule has 0 fully saturated rings. The third-order valence-corrected chi connectivity index (χ3v) is 2.58. The van der Waals surface area contributed by atoms with Crippen LogP contribution in [-0.2, 0) is 18.7 Å². The second-order valence-electron chi connectivity index (χ2n) is 2.35. The summed E-state index contributed by atoms with van der Waals surface area (Å²) in [6, 6.07) is 0. The maximum absolute atomic E-state index is 5.25. The summed E-state index contributed by atoms with van der Waals surface area (Å²) in [5.41, 5.74) is 0. The molecule has 0 saturated heterocycles. The van der Waals surface area contributed by atoms with E-state index in [0.29, 0.717) is 46.1 Å². The average molecular weight is 336 g/mol. The number of hydrogen-bond donors (Lipinski definition) is 0. The minimum Gasteiger partial charge on any atom is -0.379 e. The zero-order valence-corrected chi connectivity index (χ0v) is 11.6. The van der Waals surface area contributed by atoms with E-state index < -0.39 is 0 Å². The maximum Gasteiger partial charge on any atom is 0.0794 e. The van der Waals surface area contributed by atoms with Crippen molar-refractivity contribution in [2.45, 2.75) is 6.92 Å². The van der Waals surface area contributed by atoms with Crippen molar-refractivity contribution >= 4 is 28.5 Å². The Balaban J connectivity index is 2.78.